The fourth-order valence-electron chi connectivity index (χ4n) is 2.77. The first-order chi connectivity index (χ1) is 9.61. The van der Waals surface area contributed by atoms with Crippen LogP contribution in [0.2, 0.25) is 39.3 Å². The van der Waals surface area contributed by atoms with Crippen molar-refractivity contribution >= 4 is 37.0 Å². The molecule has 0 bridgehead atoms. The van der Waals surface area contributed by atoms with Gasteiger partial charge in [-0.15, -0.1) is 0 Å². The van der Waals surface area contributed by atoms with Gasteiger partial charge in [-0.2, -0.15) is 11.8 Å². The smallest absolute Gasteiger partial charge is 0.373 e. The van der Waals surface area contributed by atoms with Crippen molar-refractivity contribution in [2.45, 2.75) is 46.2 Å². The highest BCUT2D eigenvalue weighted by atomic mass is 32.2. The van der Waals surface area contributed by atoms with Crippen LogP contribution in [-0.4, -0.2) is 67.0 Å². The summed E-state index contributed by atoms with van der Waals surface area (Å²) < 4.78 is 21.3. The van der Waals surface area contributed by atoms with E-state index < -0.39 is 25.3 Å². The van der Waals surface area contributed by atoms with Crippen molar-refractivity contribution < 1.29 is 13.3 Å². The average Bonchev–Trinajstić information content (AvgIpc) is 2.28. The molecule has 0 aromatic heterocycles. The summed E-state index contributed by atoms with van der Waals surface area (Å²) in [6.07, 6.45) is 0.872. The first-order valence-electron chi connectivity index (χ1n) is 7.88. The highest BCUT2D eigenvalue weighted by molar-refractivity contribution is 7.99. The van der Waals surface area contributed by atoms with Crippen molar-refractivity contribution in [3.63, 3.8) is 0 Å². The van der Waals surface area contributed by atoms with Crippen LogP contribution in [0.5, 0.6) is 0 Å². The Bertz CT molecular complexity index is 299. The molecule has 1 fully saturated rings. The maximum absolute atomic E-state index is 6.21. The monoisotopic (exact) mass is 367 g/mol. The minimum absolute atomic E-state index is 0.671. The van der Waals surface area contributed by atoms with Crippen LogP contribution in [0.4, 0.5) is 0 Å². The van der Waals surface area contributed by atoms with Crippen LogP contribution < -0.4 is 0 Å². The molecule has 0 saturated carbocycles. The van der Waals surface area contributed by atoms with E-state index in [1.54, 1.807) is 0 Å². The van der Waals surface area contributed by atoms with Crippen LogP contribution in [0.25, 0.3) is 0 Å². The lowest BCUT2D eigenvalue weighted by Gasteiger charge is -2.47. The Balaban J connectivity index is 2.96. The summed E-state index contributed by atoms with van der Waals surface area (Å²) in [7, 11) is -5.42. The van der Waals surface area contributed by atoms with Crippen molar-refractivity contribution in [2.75, 3.05) is 37.5 Å². The number of nitrogens with zero attached hydrogens (tertiary/aromatic N) is 1. The largest absolute Gasteiger partial charge is 0.514 e. The van der Waals surface area contributed by atoms with Gasteiger partial charge >= 0.3 is 8.80 Å². The number of hydrogen-bond donors (Lipinski definition) is 0. The lowest BCUT2D eigenvalue weighted by molar-refractivity contribution is 0.0669. The Morgan fingerprint density at radius 2 is 1.48 bits per heavy atom. The Morgan fingerprint density at radius 1 is 1.00 bits per heavy atom. The topological polar surface area (TPSA) is 30.9 Å². The third kappa shape index (κ3) is 6.46. The van der Waals surface area contributed by atoms with E-state index in [1.807, 2.05) is 18.7 Å². The highest BCUT2D eigenvalue weighted by Crippen LogP contribution is 2.25. The van der Waals surface area contributed by atoms with E-state index in [-0.39, 0.29) is 0 Å². The molecule has 0 aromatic carbocycles. The van der Waals surface area contributed by atoms with Gasteiger partial charge in [0.25, 0.3) is 0 Å². The van der Waals surface area contributed by atoms with E-state index in [9.17, 15) is 0 Å². The first kappa shape index (κ1) is 19.9. The van der Waals surface area contributed by atoms with Gasteiger partial charge < -0.3 is 17.5 Å². The molecule has 1 aliphatic rings. The Hall–Kier alpha value is 0.841. The maximum Gasteiger partial charge on any atom is 0.514 e. The lowest BCUT2D eigenvalue weighted by Crippen LogP contribution is -2.67. The molecular weight excluding hydrogens is 334 g/mol. The van der Waals surface area contributed by atoms with Crippen molar-refractivity contribution in [2.24, 2.45) is 0 Å². The van der Waals surface area contributed by atoms with Crippen molar-refractivity contribution in [3.8, 4) is 0 Å². The van der Waals surface area contributed by atoms with E-state index in [0.717, 1.165) is 30.9 Å². The van der Waals surface area contributed by atoms with Crippen LogP contribution in [0.15, 0.2) is 0 Å². The SMILES string of the molecule is CCO[Si]1(CN([Si](C)(C)C)[Si](C)(C)C)OCCSCCO1. The van der Waals surface area contributed by atoms with Crippen molar-refractivity contribution in [1.82, 2.24) is 4.23 Å². The van der Waals surface area contributed by atoms with Crippen LogP contribution in [0.1, 0.15) is 6.92 Å². The summed E-state index contributed by atoms with van der Waals surface area (Å²) in [5.74, 6) is 2.09. The summed E-state index contributed by atoms with van der Waals surface area (Å²) in [5, 5.41) is 0. The molecule has 1 rings (SSSR count). The standard InChI is InChI=1S/C13H33NO3SSi3/c1-8-15-21(16-9-11-18-12-10-17-21)13-14(19(2,3)4)20(5,6)7/h8-13H2,1-7H3. The van der Waals surface area contributed by atoms with Gasteiger partial charge in [-0.25, -0.2) is 0 Å². The fourth-order valence-corrected chi connectivity index (χ4v) is 18.9. The Morgan fingerprint density at radius 3 is 1.86 bits per heavy atom. The molecule has 126 valence electrons. The molecule has 1 aliphatic heterocycles. The number of thioether (sulfide) groups is 1. The second kappa shape index (κ2) is 8.09. The zero-order chi connectivity index (χ0) is 16.1. The summed E-state index contributed by atoms with van der Waals surface area (Å²) >= 11 is 1.90. The van der Waals surface area contributed by atoms with Crippen molar-refractivity contribution in [3.05, 3.63) is 0 Å². The van der Waals surface area contributed by atoms with Gasteiger partial charge in [0.2, 0.25) is 0 Å². The molecule has 0 amide bonds. The molecule has 0 aromatic rings. The second-order valence-electron chi connectivity index (χ2n) is 7.35. The summed E-state index contributed by atoms with van der Waals surface area (Å²) in [5.41, 5.74) is 0. The zero-order valence-corrected chi connectivity index (χ0v) is 18.6. The molecule has 0 spiro atoms. The maximum atomic E-state index is 6.21. The van der Waals surface area contributed by atoms with Gasteiger partial charge in [-0.05, 0) is 6.92 Å². The van der Waals surface area contributed by atoms with E-state index in [0.29, 0.717) is 6.61 Å². The minimum Gasteiger partial charge on any atom is -0.373 e. The molecule has 1 heterocycles. The molecular formula is C13H33NO3SSi3. The van der Waals surface area contributed by atoms with Gasteiger partial charge in [0, 0.05) is 31.3 Å². The third-order valence-corrected chi connectivity index (χ3v) is 15.3. The van der Waals surface area contributed by atoms with Gasteiger partial charge in [-0.3, -0.25) is 0 Å². The molecule has 4 nitrogen and oxygen atoms in total. The van der Waals surface area contributed by atoms with Crippen LogP contribution >= 0.6 is 11.8 Å². The molecule has 0 N–H and O–H groups in total. The number of rotatable bonds is 6. The molecule has 1 saturated heterocycles. The van der Waals surface area contributed by atoms with Gasteiger partial charge in [0.15, 0.2) is 0 Å². The van der Waals surface area contributed by atoms with Crippen LogP contribution in [0.3, 0.4) is 0 Å². The van der Waals surface area contributed by atoms with Crippen LogP contribution in [-0.2, 0) is 13.3 Å². The van der Waals surface area contributed by atoms with Gasteiger partial charge in [0.1, 0.15) is 16.5 Å². The molecule has 8 heteroatoms. The van der Waals surface area contributed by atoms with Gasteiger partial charge in [-0.1, -0.05) is 39.3 Å². The Kier molecular flexibility index (Phi) is 7.66. The summed E-state index contributed by atoms with van der Waals surface area (Å²) in [6, 6.07) is 0. The van der Waals surface area contributed by atoms with E-state index in [2.05, 4.69) is 43.5 Å². The van der Waals surface area contributed by atoms with Crippen LogP contribution in [0, 0.1) is 0 Å². The minimum atomic E-state index is -2.57. The van der Waals surface area contributed by atoms with E-state index in [4.69, 9.17) is 13.3 Å². The quantitative estimate of drug-likeness (QED) is 0.673. The first-order valence-corrected chi connectivity index (χ1v) is 17.9. The number of hydrogen-bond acceptors (Lipinski definition) is 5. The molecule has 0 aliphatic carbocycles. The van der Waals surface area contributed by atoms with Gasteiger partial charge in [0.05, 0.1) is 6.17 Å². The predicted molar refractivity (Wildman–Crippen MR) is 100 cm³/mol. The lowest BCUT2D eigenvalue weighted by atomic mass is 10.9. The van der Waals surface area contributed by atoms with Crippen molar-refractivity contribution in [1.29, 1.82) is 0 Å². The highest BCUT2D eigenvalue weighted by Gasteiger charge is 2.48. The molecule has 0 atom stereocenters. The van der Waals surface area contributed by atoms with E-state index in [1.165, 1.54) is 0 Å². The Labute approximate surface area is 138 Å². The molecule has 21 heavy (non-hydrogen) atoms. The zero-order valence-electron chi connectivity index (χ0n) is 14.8. The summed E-state index contributed by atoms with van der Waals surface area (Å²) in [4.78, 5) is 0. The molecule has 0 radical (unpaired) electrons. The fraction of sp³-hybridized carbons (Fsp3) is 1.00. The molecule has 0 unspecified atom stereocenters. The second-order valence-corrected chi connectivity index (χ2v) is 21.3. The predicted octanol–water partition coefficient (Wildman–Crippen LogP) is 3.25. The van der Waals surface area contributed by atoms with E-state index >= 15 is 0 Å². The summed E-state index contributed by atoms with van der Waals surface area (Å²) in [6.45, 7) is 18.7. The average molecular weight is 368 g/mol. The third-order valence-electron chi connectivity index (χ3n) is 3.43. The normalized spacial score (nSPS) is 21.1.